The number of rotatable bonds is 7. The molecule has 0 bridgehead atoms. The molecule has 2 atom stereocenters. The number of nitrogens with one attached hydrogen (secondary N) is 1. The Morgan fingerprint density at radius 2 is 1.84 bits per heavy atom. The number of carbonyl (C=O) groups is 2. The highest BCUT2D eigenvalue weighted by atomic mass is 32.2. The molecule has 1 fully saturated rings. The minimum absolute atomic E-state index is 0.227. The van der Waals surface area contributed by atoms with Crippen molar-refractivity contribution in [3.63, 3.8) is 0 Å². The fourth-order valence-electron chi connectivity index (χ4n) is 5.99. The summed E-state index contributed by atoms with van der Waals surface area (Å²) in [6.07, 6.45) is 6.60. The maximum absolute atomic E-state index is 12.9. The van der Waals surface area contributed by atoms with E-state index in [4.69, 9.17) is 15.5 Å². The predicted octanol–water partition coefficient (Wildman–Crippen LogP) is 5.11. The van der Waals surface area contributed by atoms with Crippen LogP contribution in [0.25, 0.3) is 16.8 Å². The lowest BCUT2D eigenvalue weighted by Crippen LogP contribution is -2.30. The number of anilines is 2. The summed E-state index contributed by atoms with van der Waals surface area (Å²) < 4.78 is 32.8. The van der Waals surface area contributed by atoms with Crippen LogP contribution in [-0.2, 0) is 16.2 Å². The van der Waals surface area contributed by atoms with Crippen molar-refractivity contribution in [2.45, 2.75) is 46.6 Å². The Morgan fingerprint density at radius 3 is 2.50 bits per heavy atom. The maximum Gasteiger partial charge on any atom is 0.299 e. The highest BCUT2D eigenvalue weighted by Gasteiger charge is 2.33. The number of benzene rings is 2. The monoisotopic (exact) mass is 694 g/mol. The lowest BCUT2D eigenvalue weighted by molar-refractivity contribution is -0.126. The van der Waals surface area contributed by atoms with Gasteiger partial charge in [-0.15, -0.1) is 0 Å². The van der Waals surface area contributed by atoms with Crippen molar-refractivity contribution in [3.05, 3.63) is 95.2 Å². The van der Waals surface area contributed by atoms with Crippen molar-refractivity contribution in [1.82, 2.24) is 24.3 Å². The SMILES string of the molecule is CC#CC(=O)N1CCC[C@H]1c1nc(-c2ccc(C(=O)Nc3ccccn3)c(OC)c2)c2c(N)nccn12.Cc1cc(C)c(OS(=O)[O-])c(C)c1. The van der Waals surface area contributed by atoms with Gasteiger partial charge in [0.1, 0.15) is 51.5 Å². The number of pyridine rings is 1. The number of ether oxygens (including phenoxy) is 1. The van der Waals surface area contributed by atoms with Crippen LogP contribution in [0.3, 0.4) is 0 Å². The van der Waals surface area contributed by atoms with E-state index < -0.39 is 11.4 Å². The normalized spacial score (nSPS) is 14.2. The van der Waals surface area contributed by atoms with Crippen LogP contribution in [-0.4, -0.2) is 58.5 Å². The summed E-state index contributed by atoms with van der Waals surface area (Å²) in [7, 11) is 1.50. The summed E-state index contributed by atoms with van der Waals surface area (Å²) >= 11 is -2.49. The standard InChI is InChI=1S/C27H25N7O3.C9H12O3S/c1-3-7-22(35)33-14-6-8-19(33)26-32-23(24-25(28)30-13-15-34(24)26)17-10-11-18(20(16-17)37-2)27(36)31-21-9-4-5-12-29-21;1-6-4-7(2)9(8(3)5-6)12-13(10)11/h4-5,9-13,15-16,19H,6,8,14H2,1-2H3,(H2,28,30)(H,29,31,36);4-5H,1-3H3,(H,10,11)/p-1/t19-;/m0./s1. The molecule has 1 saturated heterocycles. The van der Waals surface area contributed by atoms with Crippen LogP contribution >= 0.6 is 0 Å². The minimum atomic E-state index is -2.49. The van der Waals surface area contributed by atoms with Crippen molar-refractivity contribution >= 4 is 40.3 Å². The van der Waals surface area contributed by atoms with Gasteiger partial charge in [-0.2, -0.15) is 0 Å². The Labute approximate surface area is 292 Å². The number of imidazole rings is 1. The molecular weight excluding hydrogens is 659 g/mol. The molecule has 3 N–H and O–H groups in total. The Hall–Kier alpha value is -5.78. The Balaban J connectivity index is 0.000000315. The van der Waals surface area contributed by atoms with Crippen LogP contribution in [0.5, 0.6) is 11.5 Å². The summed E-state index contributed by atoms with van der Waals surface area (Å²) in [5, 5.41) is 2.77. The molecule has 13 nitrogen and oxygen atoms in total. The molecule has 0 spiro atoms. The van der Waals surface area contributed by atoms with Gasteiger partial charge in [0.25, 0.3) is 11.8 Å². The fourth-order valence-corrected chi connectivity index (χ4v) is 6.39. The molecule has 1 unspecified atom stereocenters. The molecule has 3 aromatic heterocycles. The number of nitrogens with two attached hydrogens (primary N) is 1. The lowest BCUT2D eigenvalue weighted by atomic mass is 10.1. The van der Waals surface area contributed by atoms with E-state index >= 15 is 0 Å². The third kappa shape index (κ3) is 7.75. The van der Waals surface area contributed by atoms with E-state index in [1.54, 1.807) is 66.8 Å². The second-order valence-electron chi connectivity index (χ2n) is 11.5. The van der Waals surface area contributed by atoms with Gasteiger partial charge in [-0.25, -0.2) is 19.2 Å². The van der Waals surface area contributed by atoms with Gasteiger partial charge in [-0.05, 0) is 81.8 Å². The van der Waals surface area contributed by atoms with Gasteiger partial charge in [0.15, 0.2) is 0 Å². The molecule has 0 radical (unpaired) electrons. The molecule has 2 amide bonds. The van der Waals surface area contributed by atoms with E-state index in [1.165, 1.54) is 7.11 Å². The van der Waals surface area contributed by atoms with Crippen LogP contribution in [0.4, 0.5) is 11.6 Å². The van der Waals surface area contributed by atoms with Gasteiger partial charge >= 0.3 is 0 Å². The number of likely N-dealkylation sites (tertiary alicyclic amines) is 1. The lowest BCUT2D eigenvalue weighted by Gasteiger charge is -2.21. The van der Waals surface area contributed by atoms with Crippen LogP contribution in [0.1, 0.15) is 58.7 Å². The highest BCUT2D eigenvalue weighted by molar-refractivity contribution is 7.74. The number of carbonyl (C=O) groups excluding carboxylic acids is 2. The number of amides is 2. The molecule has 1 aliphatic rings. The summed E-state index contributed by atoms with van der Waals surface area (Å²) in [6.45, 7) is 7.85. The number of aryl methyl sites for hydroxylation is 3. The zero-order chi connectivity index (χ0) is 35.9. The maximum atomic E-state index is 12.9. The third-order valence-electron chi connectivity index (χ3n) is 8.04. The first-order valence-electron chi connectivity index (χ1n) is 15.6. The molecule has 50 heavy (non-hydrogen) atoms. The Kier molecular flexibility index (Phi) is 11.1. The Morgan fingerprint density at radius 1 is 1.08 bits per heavy atom. The number of hydrogen-bond acceptors (Lipinski definition) is 10. The van der Waals surface area contributed by atoms with Crippen LogP contribution in [0.2, 0.25) is 0 Å². The summed E-state index contributed by atoms with van der Waals surface area (Å²) in [5.41, 5.74) is 11.3. The van der Waals surface area contributed by atoms with Crippen molar-refractivity contribution < 1.29 is 27.3 Å². The van der Waals surface area contributed by atoms with Crippen molar-refractivity contribution in [1.29, 1.82) is 0 Å². The van der Waals surface area contributed by atoms with Crippen molar-refractivity contribution in [2.24, 2.45) is 0 Å². The van der Waals surface area contributed by atoms with Crippen LogP contribution < -0.4 is 20.0 Å². The molecule has 0 aliphatic carbocycles. The van der Waals surface area contributed by atoms with E-state index in [1.807, 2.05) is 37.3 Å². The predicted molar refractivity (Wildman–Crippen MR) is 189 cm³/mol. The first-order valence-corrected chi connectivity index (χ1v) is 16.6. The van der Waals surface area contributed by atoms with Gasteiger partial charge < -0.3 is 29.4 Å². The molecule has 4 heterocycles. The topological polar surface area (TPSA) is 177 Å². The smallest absolute Gasteiger partial charge is 0.299 e. The number of methoxy groups -OCH3 is 1. The number of aromatic nitrogens is 4. The average molecular weight is 695 g/mol. The quantitative estimate of drug-likeness (QED) is 0.172. The Bertz CT molecular complexity index is 2120. The molecule has 2 aromatic carbocycles. The minimum Gasteiger partial charge on any atom is -0.740 e. The molecule has 1 aliphatic heterocycles. The molecule has 6 rings (SSSR count). The highest BCUT2D eigenvalue weighted by Crippen LogP contribution is 2.37. The van der Waals surface area contributed by atoms with Crippen LogP contribution in [0, 0.1) is 32.6 Å². The van der Waals surface area contributed by atoms with E-state index in [-0.39, 0.29) is 17.9 Å². The van der Waals surface area contributed by atoms with Crippen molar-refractivity contribution in [2.75, 3.05) is 24.7 Å². The van der Waals surface area contributed by atoms with Gasteiger partial charge in [0, 0.05) is 30.7 Å². The number of hydrogen-bond donors (Lipinski definition) is 2. The third-order valence-corrected chi connectivity index (χ3v) is 8.34. The molecule has 0 saturated carbocycles. The largest absolute Gasteiger partial charge is 0.740 e. The second kappa shape index (κ2) is 15.6. The van der Waals surface area contributed by atoms with E-state index in [0.717, 1.165) is 29.5 Å². The van der Waals surface area contributed by atoms with Gasteiger partial charge in [-0.1, -0.05) is 35.7 Å². The number of nitrogen functional groups attached to an aromatic ring is 1. The van der Waals surface area contributed by atoms with Crippen LogP contribution in [0.15, 0.2) is 67.1 Å². The summed E-state index contributed by atoms with van der Waals surface area (Å²) in [6, 6.07) is 14.0. The second-order valence-corrected chi connectivity index (χ2v) is 12.1. The zero-order valence-electron chi connectivity index (χ0n) is 28.2. The molecule has 258 valence electrons. The van der Waals surface area contributed by atoms with E-state index in [0.29, 0.717) is 57.8 Å². The zero-order valence-corrected chi connectivity index (χ0v) is 29.0. The average Bonchev–Trinajstić information content (AvgIpc) is 3.73. The summed E-state index contributed by atoms with van der Waals surface area (Å²) in [5.74, 6) is 6.96. The first kappa shape index (κ1) is 35.5. The van der Waals surface area contributed by atoms with E-state index in [2.05, 4.69) is 31.3 Å². The molecule has 14 heteroatoms. The number of fused-ring (bicyclic) bond motifs is 1. The van der Waals surface area contributed by atoms with E-state index in [9.17, 15) is 18.4 Å². The van der Waals surface area contributed by atoms with Crippen molar-refractivity contribution in [3.8, 4) is 34.6 Å². The molecular formula is C36H36N7O6S-. The number of nitrogens with zero attached hydrogens (tertiary/aromatic N) is 5. The molecule has 5 aromatic rings. The summed E-state index contributed by atoms with van der Waals surface area (Å²) in [4.78, 5) is 40.6. The van der Waals surface area contributed by atoms with Gasteiger partial charge in [0.2, 0.25) is 0 Å². The van der Waals surface area contributed by atoms with Gasteiger partial charge in [0.05, 0.1) is 18.7 Å². The van der Waals surface area contributed by atoms with Gasteiger partial charge in [-0.3, -0.25) is 14.0 Å². The first-order chi connectivity index (χ1) is 24.0. The fraction of sp³-hybridized carbons (Fsp3) is 0.250.